The Morgan fingerprint density at radius 2 is 1.70 bits per heavy atom. The monoisotopic (exact) mass is 273 g/mol. The van der Waals surface area contributed by atoms with Crippen LogP contribution in [0.2, 0.25) is 0 Å². The molecule has 4 nitrogen and oxygen atoms in total. The van der Waals surface area contributed by atoms with Gasteiger partial charge in [-0.1, -0.05) is 6.07 Å². The SMILES string of the molecule is COc1cccc(N(C)C(C)c2cc(O)cc(O)c2)c1. The molecule has 2 rings (SSSR count). The molecule has 2 N–H and O–H groups in total. The van der Waals surface area contributed by atoms with Gasteiger partial charge in [0.25, 0.3) is 0 Å². The Morgan fingerprint density at radius 1 is 1.05 bits per heavy atom. The van der Waals surface area contributed by atoms with E-state index in [2.05, 4.69) is 4.90 Å². The first-order chi connectivity index (χ1) is 9.51. The number of aromatic hydroxyl groups is 2. The molecule has 2 aromatic rings. The number of benzene rings is 2. The summed E-state index contributed by atoms with van der Waals surface area (Å²) in [5.74, 6) is 0.914. The van der Waals surface area contributed by atoms with Crippen molar-refractivity contribution in [3.05, 3.63) is 48.0 Å². The highest BCUT2D eigenvalue weighted by Gasteiger charge is 2.14. The number of rotatable bonds is 4. The minimum Gasteiger partial charge on any atom is -0.508 e. The van der Waals surface area contributed by atoms with Crippen molar-refractivity contribution in [2.75, 3.05) is 19.1 Å². The third-order valence-electron chi connectivity index (χ3n) is 3.45. The number of phenols is 2. The minimum absolute atomic E-state index is 0.0000983. The van der Waals surface area contributed by atoms with Crippen LogP contribution in [0.4, 0.5) is 5.69 Å². The van der Waals surface area contributed by atoms with Crippen LogP contribution in [0.15, 0.2) is 42.5 Å². The summed E-state index contributed by atoms with van der Waals surface area (Å²) >= 11 is 0. The Balaban J connectivity index is 2.29. The van der Waals surface area contributed by atoms with Crippen LogP contribution in [-0.4, -0.2) is 24.4 Å². The van der Waals surface area contributed by atoms with Crippen LogP contribution in [0, 0.1) is 0 Å². The molecular formula is C16H19NO3. The van der Waals surface area contributed by atoms with Gasteiger partial charge in [0.15, 0.2) is 0 Å². The van der Waals surface area contributed by atoms with Gasteiger partial charge in [0, 0.05) is 24.9 Å². The fourth-order valence-electron chi connectivity index (χ4n) is 2.14. The van der Waals surface area contributed by atoms with E-state index < -0.39 is 0 Å². The highest BCUT2D eigenvalue weighted by atomic mass is 16.5. The Bertz CT molecular complexity index is 578. The van der Waals surface area contributed by atoms with Crippen molar-refractivity contribution in [3.63, 3.8) is 0 Å². The first-order valence-corrected chi connectivity index (χ1v) is 6.41. The first kappa shape index (κ1) is 14.1. The van der Waals surface area contributed by atoms with Gasteiger partial charge in [0.05, 0.1) is 13.2 Å². The van der Waals surface area contributed by atoms with Crippen molar-refractivity contribution in [2.45, 2.75) is 13.0 Å². The normalized spacial score (nSPS) is 11.9. The second kappa shape index (κ2) is 5.74. The van der Waals surface area contributed by atoms with Crippen molar-refractivity contribution >= 4 is 5.69 Å². The number of anilines is 1. The van der Waals surface area contributed by atoms with E-state index >= 15 is 0 Å². The molecule has 0 spiro atoms. The summed E-state index contributed by atoms with van der Waals surface area (Å²) in [6.07, 6.45) is 0. The van der Waals surface area contributed by atoms with E-state index in [9.17, 15) is 10.2 Å². The van der Waals surface area contributed by atoms with Crippen molar-refractivity contribution in [1.29, 1.82) is 0 Å². The molecule has 20 heavy (non-hydrogen) atoms. The Kier molecular flexibility index (Phi) is 4.03. The van der Waals surface area contributed by atoms with Gasteiger partial charge in [-0.2, -0.15) is 0 Å². The van der Waals surface area contributed by atoms with Crippen LogP contribution in [-0.2, 0) is 0 Å². The molecule has 0 saturated heterocycles. The quantitative estimate of drug-likeness (QED) is 0.897. The number of hydrogen-bond donors (Lipinski definition) is 2. The predicted molar refractivity (Wildman–Crippen MR) is 79.6 cm³/mol. The molecule has 0 amide bonds. The average Bonchev–Trinajstić information content (AvgIpc) is 2.44. The summed E-state index contributed by atoms with van der Waals surface area (Å²) in [6, 6.07) is 12.4. The van der Waals surface area contributed by atoms with E-state index in [0.717, 1.165) is 17.0 Å². The van der Waals surface area contributed by atoms with E-state index in [1.54, 1.807) is 19.2 Å². The fourth-order valence-corrected chi connectivity index (χ4v) is 2.14. The number of nitrogens with zero attached hydrogens (tertiary/aromatic N) is 1. The van der Waals surface area contributed by atoms with Gasteiger partial charge in [-0.05, 0) is 36.8 Å². The second-order valence-corrected chi connectivity index (χ2v) is 4.77. The molecule has 106 valence electrons. The molecule has 0 fully saturated rings. The Morgan fingerprint density at radius 3 is 2.30 bits per heavy atom. The van der Waals surface area contributed by atoms with E-state index in [1.807, 2.05) is 38.2 Å². The third-order valence-corrected chi connectivity index (χ3v) is 3.45. The largest absolute Gasteiger partial charge is 0.508 e. The van der Waals surface area contributed by atoms with Crippen molar-refractivity contribution < 1.29 is 14.9 Å². The molecule has 0 aliphatic rings. The lowest BCUT2D eigenvalue weighted by molar-refractivity contribution is 0.414. The molecule has 0 aromatic heterocycles. The van der Waals surface area contributed by atoms with Crippen LogP contribution in [0.5, 0.6) is 17.2 Å². The highest BCUT2D eigenvalue weighted by Crippen LogP contribution is 2.31. The molecule has 4 heteroatoms. The number of ether oxygens (including phenoxy) is 1. The predicted octanol–water partition coefficient (Wildman–Crippen LogP) is 3.30. The standard InChI is InChI=1S/C16H19NO3/c1-11(12-7-14(18)10-15(19)8-12)17(2)13-5-4-6-16(9-13)20-3/h4-11,18-19H,1-3H3. The lowest BCUT2D eigenvalue weighted by Gasteiger charge is -2.28. The lowest BCUT2D eigenvalue weighted by atomic mass is 10.1. The molecular weight excluding hydrogens is 254 g/mol. The summed E-state index contributed by atoms with van der Waals surface area (Å²) in [5.41, 5.74) is 1.84. The second-order valence-electron chi connectivity index (χ2n) is 4.77. The fraction of sp³-hybridized carbons (Fsp3) is 0.250. The first-order valence-electron chi connectivity index (χ1n) is 6.41. The Labute approximate surface area is 118 Å². The molecule has 0 saturated carbocycles. The van der Waals surface area contributed by atoms with Gasteiger partial charge in [0.1, 0.15) is 17.2 Å². The molecule has 2 aromatic carbocycles. The summed E-state index contributed by atoms with van der Waals surface area (Å²) in [7, 11) is 3.59. The number of hydrogen-bond acceptors (Lipinski definition) is 4. The van der Waals surface area contributed by atoms with E-state index in [1.165, 1.54) is 6.07 Å². The maximum Gasteiger partial charge on any atom is 0.120 e. The average molecular weight is 273 g/mol. The third kappa shape index (κ3) is 2.96. The van der Waals surface area contributed by atoms with E-state index in [4.69, 9.17) is 4.74 Å². The molecule has 0 aliphatic carbocycles. The van der Waals surface area contributed by atoms with Crippen molar-refractivity contribution in [3.8, 4) is 17.2 Å². The van der Waals surface area contributed by atoms with Gasteiger partial charge < -0.3 is 19.8 Å². The van der Waals surface area contributed by atoms with Crippen LogP contribution in [0.3, 0.4) is 0 Å². The zero-order chi connectivity index (χ0) is 14.7. The van der Waals surface area contributed by atoms with Gasteiger partial charge in [-0.25, -0.2) is 0 Å². The zero-order valence-electron chi connectivity index (χ0n) is 11.9. The van der Waals surface area contributed by atoms with E-state index in [-0.39, 0.29) is 17.5 Å². The van der Waals surface area contributed by atoms with E-state index in [0.29, 0.717) is 0 Å². The molecule has 0 heterocycles. The van der Waals surface area contributed by atoms with Crippen LogP contribution >= 0.6 is 0 Å². The maximum absolute atomic E-state index is 9.58. The molecule has 0 aliphatic heterocycles. The Hall–Kier alpha value is -2.36. The summed E-state index contributed by atoms with van der Waals surface area (Å²) < 4.78 is 5.22. The molecule has 1 atom stereocenters. The number of methoxy groups -OCH3 is 1. The lowest BCUT2D eigenvalue weighted by Crippen LogP contribution is -2.21. The number of phenolic OH excluding ortho intramolecular Hbond substituents is 2. The molecule has 0 bridgehead atoms. The van der Waals surface area contributed by atoms with Crippen LogP contribution < -0.4 is 9.64 Å². The summed E-state index contributed by atoms with van der Waals surface area (Å²) in [4.78, 5) is 2.05. The smallest absolute Gasteiger partial charge is 0.120 e. The summed E-state index contributed by atoms with van der Waals surface area (Å²) in [5, 5.41) is 19.2. The van der Waals surface area contributed by atoms with Crippen molar-refractivity contribution in [2.24, 2.45) is 0 Å². The molecule has 1 unspecified atom stereocenters. The van der Waals surface area contributed by atoms with Crippen LogP contribution in [0.1, 0.15) is 18.5 Å². The topological polar surface area (TPSA) is 52.9 Å². The van der Waals surface area contributed by atoms with Gasteiger partial charge in [-0.15, -0.1) is 0 Å². The van der Waals surface area contributed by atoms with Gasteiger partial charge in [0.2, 0.25) is 0 Å². The van der Waals surface area contributed by atoms with Gasteiger partial charge in [-0.3, -0.25) is 0 Å². The summed E-state index contributed by atoms with van der Waals surface area (Å²) in [6.45, 7) is 2.01. The van der Waals surface area contributed by atoms with Crippen LogP contribution in [0.25, 0.3) is 0 Å². The highest BCUT2D eigenvalue weighted by molar-refractivity contribution is 5.52. The zero-order valence-corrected chi connectivity index (χ0v) is 11.9. The molecule has 0 radical (unpaired) electrons. The van der Waals surface area contributed by atoms with Crippen molar-refractivity contribution in [1.82, 2.24) is 0 Å². The minimum atomic E-state index is 0.0000983. The maximum atomic E-state index is 9.58. The van der Waals surface area contributed by atoms with Gasteiger partial charge >= 0.3 is 0 Å².